The lowest BCUT2D eigenvalue weighted by atomic mass is 9.95. The van der Waals surface area contributed by atoms with Gasteiger partial charge in [0.05, 0.1) is 5.92 Å². The molecule has 1 heterocycles. The van der Waals surface area contributed by atoms with E-state index in [4.69, 9.17) is 4.74 Å². The van der Waals surface area contributed by atoms with Gasteiger partial charge in [0.1, 0.15) is 6.10 Å². The van der Waals surface area contributed by atoms with E-state index in [0.29, 0.717) is 0 Å². The van der Waals surface area contributed by atoms with Crippen molar-refractivity contribution in [2.45, 2.75) is 64.9 Å². The Kier molecular flexibility index (Phi) is 5.63. The van der Waals surface area contributed by atoms with Crippen LogP contribution in [0.25, 0.3) is 0 Å². The fourth-order valence-electron chi connectivity index (χ4n) is 2.81. The Bertz CT molecular complexity index is 422. The molecule has 2 nitrogen and oxygen atoms in total. The molecule has 0 spiro atoms. The molecule has 0 bridgehead atoms. The maximum absolute atomic E-state index is 11.8. The average molecular weight is 274 g/mol. The van der Waals surface area contributed by atoms with Gasteiger partial charge < -0.3 is 4.74 Å². The zero-order chi connectivity index (χ0) is 14.4. The number of rotatable bonds is 7. The van der Waals surface area contributed by atoms with Crippen LogP contribution in [0, 0.1) is 5.92 Å². The normalized spacial score (nSPS) is 22.0. The van der Waals surface area contributed by atoms with Gasteiger partial charge in [-0.2, -0.15) is 0 Å². The highest BCUT2D eigenvalue weighted by molar-refractivity contribution is 5.74. The Morgan fingerprint density at radius 1 is 1.10 bits per heavy atom. The SMILES string of the molecule is CCCCc1ccc(C2CC(CCCC)C(=O)O2)cc1. The van der Waals surface area contributed by atoms with E-state index in [0.717, 1.165) is 37.7 Å². The summed E-state index contributed by atoms with van der Waals surface area (Å²) < 4.78 is 5.54. The molecule has 0 N–H and O–H groups in total. The van der Waals surface area contributed by atoms with Crippen LogP contribution in [0.5, 0.6) is 0 Å². The first-order valence-electron chi connectivity index (χ1n) is 8.04. The highest BCUT2D eigenvalue weighted by Crippen LogP contribution is 2.35. The van der Waals surface area contributed by atoms with Crippen molar-refractivity contribution in [3.8, 4) is 0 Å². The number of hydrogen-bond acceptors (Lipinski definition) is 2. The zero-order valence-corrected chi connectivity index (χ0v) is 12.7. The molecule has 2 heteroatoms. The zero-order valence-electron chi connectivity index (χ0n) is 12.7. The number of hydrogen-bond donors (Lipinski definition) is 0. The molecule has 2 unspecified atom stereocenters. The highest BCUT2D eigenvalue weighted by atomic mass is 16.5. The van der Waals surface area contributed by atoms with Gasteiger partial charge in [-0.3, -0.25) is 4.79 Å². The van der Waals surface area contributed by atoms with Crippen LogP contribution in [0.3, 0.4) is 0 Å². The number of unbranched alkanes of at least 4 members (excludes halogenated alkanes) is 2. The summed E-state index contributed by atoms with van der Waals surface area (Å²) in [6, 6.07) is 8.62. The predicted octanol–water partition coefficient (Wildman–Crippen LogP) is 4.82. The van der Waals surface area contributed by atoms with Crippen LogP contribution in [0.1, 0.15) is 69.6 Å². The Hall–Kier alpha value is -1.31. The quantitative estimate of drug-likeness (QED) is 0.666. The minimum absolute atomic E-state index is 0.00138. The van der Waals surface area contributed by atoms with Crippen LogP contribution < -0.4 is 0 Å². The first kappa shape index (κ1) is 15.1. The maximum Gasteiger partial charge on any atom is 0.309 e. The predicted molar refractivity (Wildman–Crippen MR) is 81.5 cm³/mol. The molecule has 110 valence electrons. The summed E-state index contributed by atoms with van der Waals surface area (Å²) in [5, 5.41) is 0. The lowest BCUT2D eigenvalue weighted by Gasteiger charge is -2.10. The van der Waals surface area contributed by atoms with Crippen molar-refractivity contribution in [3.63, 3.8) is 0 Å². The summed E-state index contributed by atoms with van der Waals surface area (Å²) >= 11 is 0. The van der Waals surface area contributed by atoms with Crippen molar-refractivity contribution in [1.82, 2.24) is 0 Å². The summed E-state index contributed by atoms with van der Waals surface area (Å²) in [7, 11) is 0. The summed E-state index contributed by atoms with van der Waals surface area (Å²) in [4.78, 5) is 11.8. The van der Waals surface area contributed by atoms with Gasteiger partial charge in [0.25, 0.3) is 0 Å². The van der Waals surface area contributed by atoms with Gasteiger partial charge in [0.15, 0.2) is 0 Å². The van der Waals surface area contributed by atoms with E-state index in [1.807, 2.05) is 0 Å². The van der Waals surface area contributed by atoms with Crippen LogP contribution >= 0.6 is 0 Å². The van der Waals surface area contributed by atoms with E-state index < -0.39 is 0 Å². The van der Waals surface area contributed by atoms with Crippen LogP contribution in [-0.2, 0) is 16.0 Å². The Balaban J connectivity index is 1.93. The van der Waals surface area contributed by atoms with Gasteiger partial charge in [-0.15, -0.1) is 0 Å². The third-order valence-corrected chi connectivity index (χ3v) is 4.17. The molecule has 0 saturated carbocycles. The first-order chi connectivity index (χ1) is 9.74. The topological polar surface area (TPSA) is 26.3 Å². The van der Waals surface area contributed by atoms with Gasteiger partial charge in [-0.25, -0.2) is 0 Å². The van der Waals surface area contributed by atoms with Crippen LogP contribution in [0.2, 0.25) is 0 Å². The van der Waals surface area contributed by atoms with Gasteiger partial charge in [0, 0.05) is 6.42 Å². The third kappa shape index (κ3) is 3.84. The van der Waals surface area contributed by atoms with Crippen LogP contribution in [-0.4, -0.2) is 5.97 Å². The van der Waals surface area contributed by atoms with Gasteiger partial charge >= 0.3 is 5.97 Å². The Labute approximate surface area is 122 Å². The number of ether oxygens (including phenoxy) is 1. The summed E-state index contributed by atoms with van der Waals surface area (Å²) in [5.74, 6) is 0.109. The molecule has 1 aliphatic rings. The lowest BCUT2D eigenvalue weighted by Crippen LogP contribution is -2.06. The minimum atomic E-state index is -0.0235. The van der Waals surface area contributed by atoms with Crippen LogP contribution in [0.4, 0.5) is 0 Å². The van der Waals surface area contributed by atoms with E-state index in [-0.39, 0.29) is 18.0 Å². The second-order valence-corrected chi connectivity index (χ2v) is 5.85. The van der Waals surface area contributed by atoms with E-state index in [1.54, 1.807) is 0 Å². The molecule has 20 heavy (non-hydrogen) atoms. The van der Waals surface area contributed by atoms with Crippen molar-refractivity contribution in [3.05, 3.63) is 35.4 Å². The van der Waals surface area contributed by atoms with Crippen molar-refractivity contribution >= 4 is 5.97 Å². The van der Waals surface area contributed by atoms with E-state index >= 15 is 0 Å². The van der Waals surface area contributed by atoms with E-state index in [9.17, 15) is 4.79 Å². The number of aryl methyl sites for hydroxylation is 1. The molecular weight excluding hydrogens is 248 g/mol. The molecule has 1 aromatic carbocycles. The first-order valence-corrected chi connectivity index (χ1v) is 8.04. The highest BCUT2D eigenvalue weighted by Gasteiger charge is 2.34. The number of benzene rings is 1. The largest absolute Gasteiger partial charge is 0.457 e. The van der Waals surface area contributed by atoms with E-state index in [2.05, 4.69) is 38.1 Å². The molecular formula is C18H26O2. The van der Waals surface area contributed by atoms with E-state index in [1.165, 1.54) is 18.4 Å². The Morgan fingerprint density at radius 3 is 2.45 bits per heavy atom. The summed E-state index contributed by atoms with van der Waals surface area (Å²) in [6.45, 7) is 4.37. The number of esters is 1. The molecule has 1 aromatic rings. The second-order valence-electron chi connectivity index (χ2n) is 5.85. The number of carbonyl (C=O) groups is 1. The average Bonchev–Trinajstić information content (AvgIpc) is 2.84. The molecule has 2 atom stereocenters. The summed E-state index contributed by atoms with van der Waals surface area (Å²) in [5.41, 5.74) is 2.53. The number of carbonyl (C=O) groups excluding carboxylic acids is 1. The molecule has 2 rings (SSSR count). The van der Waals surface area contributed by atoms with Crippen molar-refractivity contribution < 1.29 is 9.53 Å². The van der Waals surface area contributed by atoms with Crippen molar-refractivity contribution in [1.29, 1.82) is 0 Å². The molecule has 0 aliphatic carbocycles. The van der Waals surface area contributed by atoms with Gasteiger partial charge in [-0.1, -0.05) is 57.4 Å². The Morgan fingerprint density at radius 2 is 1.80 bits per heavy atom. The second kappa shape index (κ2) is 7.47. The third-order valence-electron chi connectivity index (χ3n) is 4.17. The van der Waals surface area contributed by atoms with Crippen molar-refractivity contribution in [2.75, 3.05) is 0 Å². The lowest BCUT2D eigenvalue weighted by molar-refractivity contribution is -0.144. The molecule has 0 aromatic heterocycles. The molecule has 1 aliphatic heterocycles. The smallest absolute Gasteiger partial charge is 0.309 e. The fourth-order valence-corrected chi connectivity index (χ4v) is 2.81. The standard InChI is InChI=1S/C18H26O2/c1-3-5-7-14-9-11-15(12-10-14)17-13-16(8-6-4-2)18(19)20-17/h9-12,16-17H,3-8,13H2,1-2H3. The minimum Gasteiger partial charge on any atom is -0.457 e. The molecule has 0 amide bonds. The number of cyclic esters (lactones) is 1. The molecule has 0 radical (unpaired) electrons. The van der Waals surface area contributed by atoms with Crippen LogP contribution in [0.15, 0.2) is 24.3 Å². The van der Waals surface area contributed by atoms with Crippen molar-refractivity contribution in [2.24, 2.45) is 5.92 Å². The van der Waals surface area contributed by atoms with Gasteiger partial charge in [0.2, 0.25) is 0 Å². The summed E-state index contributed by atoms with van der Waals surface area (Å²) in [6.07, 6.45) is 7.65. The maximum atomic E-state index is 11.8. The molecule has 1 fully saturated rings. The monoisotopic (exact) mass is 274 g/mol. The fraction of sp³-hybridized carbons (Fsp3) is 0.611. The molecule has 1 saturated heterocycles. The van der Waals surface area contributed by atoms with Gasteiger partial charge in [-0.05, 0) is 30.4 Å².